The number of fused-ring (bicyclic) bond motifs is 3. The molecule has 2 fully saturated rings. The van der Waals surface area contributed by atoms with Crippen molar-refractivity contribution in [3.8, 4) is 0 Å². The standard InChI is InChI=1S/C18H28N4O5/c1-9(23)12-14-10-5-4-6-11(20-18(27)19-7-8-21(2)3)13(10)15(17(25)26)22(14)16(12)24/h9-12,14,23H,4-8H2,1-3H3,(H,25,26)(H2,19,20,27)/t9?,10-,11-,12+,14+/m0/s1. The molecule has 4 N–H and O–H groups in total. The quantitative estimate of drug-likeness (QED) is 0.464. The molecule has 1 saturated heterocycles. The fourth-order valence-corrected chi connectivity index (χ4v) is 4.64. The third kappa shape index (κ3) is 3.41. The van der Waals surface area contributed by atoms with Crippen molar-refractivity contribution in [3.05, 3.63) is 11.3 Å². The van der Waals surface area contributed by atoms with Gasteiger partial charge >= 0.3 is 12.0 Å². The van der Waals surface area contributed by atoms with Gasteiger partial charge in [0.25, 0.3) is 0 Å². The van der Waals surface area contributed by atoms with Crippen molar-refractivity contribution in [2.24, 2.45) is 11.8 Å². The van der Waals surface area contributed by atoms with E-state index in [9.17, 15) is 24.6 Å². The first-order chi connectivity index (χ1) is 12.7. The van der Waals surface area contributed by atoms with Crippen molar-refractivity contribution < 1.29 is 24.6 Å². The molecule has 9 heteroatoms. The second kappa shape index (κ2) is 7.47. The molecule has 0 spiro atoms. The van der Waals surface area contributed by atoms with Gasteiger partial charge in [-0.15, -0.1) is 0 Å². The van der Waals surface area contributed by atoms with Crippen LogP contribution >= 0.6 is 0 Å². The van der Waals surface area contributed by atoms with Gasteiger partial charge in [-0.2, -0.15) is 0 Å². The fraction of sp³-hybridized carbons (Fsp3) is 0.722. The van der Waals surface area contributed by atoms with E-state index >= 15 is 0 Å². The van der Waals surface area contributed by atoms with Gasteiger partial charge in [-0.05, 0) is 39.4 Å². The Morgan fingerprint density at radius 3 is 2.63 bits per heavy atom. The van der Waals surface area contributed by atoms with E-state index in [-0.39, 0.29) is 29.6 Å². The Labute approximate surface area is 158 Å². The monoisotopic (exact) mass is 380 g/mol. The molecule has 0 aromatic rings. The van der Waals surface area contributed by atoms with E-state index in [2.05, 4.69) is 10.6 Å². The average Bonchev–Trinajstić information content (AvgIpc) is 2.86. The number of hydrogen-bond donors (Lipinski definition) is 4. The zero-order valence-electron chi connectivity index (χ0n) is 15.9. The maximum atomic E-state index is 12.4. The highest BCUT2D eigenvalue weighted by Gasteiger charge is 2.62. The molecule has 5 atom stereocenters. The Bertz CT molecular complexity index is 675. The Morgan fingerprint density at radius 1 is 1.33 bits per heavy atom. The maximum absolute atomic E-state index is 12.4. The van der Waals surface area contributed by atoms with Gasteiger partial charge in [-0.3, -0.25) is 4.79 Å². The van der Waals surface area contributed by atoms with Gasteiger partial charge in [0.2, 0.25) is 5.91 Å². The topological polar surface area (TPSA) is 122 Å². The summed E-state index contributed by atoms with van der Waals surface area (Å²) < 4.78 is 0. The number of carbonyl (C=O) groups is 3. The number of aliphatic hydroxyl groups is 1. The summed E-state index contributed by atoms with van der Waals surface area (Å²) in [5.74, 6) is -2.20. The largest absolute Gasteiger partial charge is 0.477 e. The van der Waals surface area contributed by atoms with Gasteiger partial charge < -0.3 is 30.6 Å². The summed E-state index contributed by atoms with van der Waals surface area (Å²) in [5.41, 5.74) is 0.614. The summed E-state index contributed by atoms with van der Waals surface area (Å²) in [5, 5.41) is 25.3. The van der Waals surface area contributed by atoms with Crippen LogP contribution in [0.25, 0.3) is 0 Å². The van der Waals surface area contributed by atoms with Gasteiger partial charge in [0.1, 0.15) is 5.70 Å². The predicted molar refractivity (Wildman–Crippen MR) is 96.7 cm³/mol. The minimum atomic E-state index is -1.16. The number of β-lactam (4-membered cyclic amide) rings is 1. The molecule has 0 radical (unpaired) electrons. The highest BCUT2D eigenvalue weighted by molar-refractivity contribution is 6.00. The number of carbonyl (C=O) groups excluding carboxylic acids is 2. The van der Waals surface area contributed by atoms with Crippen molar-refractivity contribution in [2.75, 3.05) is 27.2 Å². The number of hydrogen-bond acceptors (Lipinski definition) is 5. The smallest absolute Gasteiger partial charge is 0.352 e. The molecule has 150 valence electrons. The van der Waals surface area contributed by atoms with Crippen LogP contribution in [0.1, 0.15) is 26.2 Å². The molecule has 3 amide bonds. The summed E-state index contributed by atoms with van der Waals surface area (Å²) in [6, 6.07) is -1.07. The predicted octanol–water partition coefficient (Wildman–Crippen LogP) is -0.424. The molecule has 0 bridgehead atoms. The SMILES string of the molecule is CC(O)[C@H]1C(=O)N2C(C(=O)O)=C3[C@@H](NC(=O)NCCN(C)C)CCC[C@@H]3[C@H]12. The maximum Gasteiger partial charge on any atom is 0.352 e. The zero-order chi connectivity index (χ0) is 19.9. The molecule has 2 heterocycles. The first kappa shape index (κ1) is 19.6. The van der Waals surface area contributed by atoms with Gasteiger partial charge in [-0.25, -0.2) is 9.59 Å². The highest BCUT2D eigenvalue weighted by atomic mass is 16.4. The van der Waals surface area contributed by atoms with Crippen molar-refractivity contribution in [3.63, 3.8) is 0 Å². The molecule has 1 unspecified atom stereocenters. The summed E-state index contributed by atoms with van der Waals surface area (Å²) in [4.78, 5) is 39.9. The number of carboxylic acids is 1. The van der Waals surface area contributed by atoms with E-state index in [1.54, 1.807) is 6.92 Å². The number of likely N-dealkylation sites (N-methyl/N-ethyl adjacent to an activating group) is 1. The molecule has 27 heavy (non-hydrogen) atoms. The van der Waals surface area contributed by atoms with Crippen LogP contribution in [-0.4, -0.2) is 83.3 Å². The molecule has 0 aromatic carbocycles. The van der Waals surface area contributed by atoms with E-state index in [1.807, 2.05) is 19.0 Å². The molecule has 1 saturated carbocycles. The number of nitrogens with zero attached hydrogens (tertiary/aromatic N) is 2. The normalized spacial score (nSPS) is 30.6. The van der Waals surface area contributed by atoms with Crippen molar-refractivity contribution in [2.45, 2.75) is 44.4 Å². The number of aliphatic carboxylic acids is 1. The number of aliphatic hydroxyl groups excluding tert-OH is 1. The van der Waals surface area contributed by atoms with Gasteiger partial charge in [0.05, 0.1) is 24.1 Å². The van der Waals surface area contributed by atoms with E-state index in [4.69, 9.17) is 0 Å². The van der Waals surface area contributed by atoms with Crippen molar-refractivity contribution in [1.82, 2.24) is 20.4 Å². The molecule has 3 aliphatic rings. The third-order valence-electron chi connectivity index (χ3n) is 5.77. The van der Waals surface area contributed by atoms with E-state index in [0.717, 1.165) is 12.8 Å². The minimum absolute atomic E-state index is 0.00908. The van der Waals surface area contributed by atoms with Crippen LogP contribution in [0.5, 0.6) is 0 Å². The van der Waals surface area contributed by atoms with Gasteiger partial charge in [0, 0.05) is 19.0 Å². The Hall–Kier alpha value is -2.13. The zero-order valence-corrected chi connectivity index (χ0v) is 15.9. The Kier molecular flexibility index (Phi) is 5.43. The number of nitrogens with one attached hydrogen (secondary N) is 2. The fourth-order valence-electron chi connectivity index (χ4n) is 4.64. The van der Waals surface area contributed by atoms with Crippen LogP contribution in [0.4, 0.5) is 4.79 Å². The van der Waals surface area contributed by atoms with Crippen molar-refractivity contribution >= 4 is 17.9 Å². The molecule has 0 aromatic heterocycles. The summed E-state index contributed by atoms with van der Waals surface area (Å²) in [6.45, 7) is 2.75. The molecular weight excluding hydrogens is 352 g/mol. The van der Waals surface area contributed by atoms with Crippen LogP contribution in [0.3, 0.4) is 0 Å². The van der Waals surface area contributed by atoms with E-state index < -0.39 is 24.0 Å². The first-order valence-corrected chi connectivity index (χ1v) is 9.41. The van der Waals surface area contributed by atoms with Crippen molar-refractivity contribution in [1.29, 1.82) is 0 Å². The number of carboxylic acid groups (broad SMARTS) is 1. The first-order valence-electron chi connectivity index (χ1n) is 9.41. The van der Waals surface area contributed by atoms with Crippen LogP contribution in [0.2, 0.25) is 0 Å². The average molecular weight is 380 g/mol. The number of amides is 3. The van der Waals surface area contributed by atoms with Crippen LogP contribution in [0, 0.1) is 11.8 Å². The molecule has 9 nitrogen and oxygen atoms in total. The lowest BCUT2D eigenvalue weighted by Crippen LogP contribution is -2.64. The Balaban J connectivity index is 1.79. The van der Waals surface area contributed by atoms with Gasteiger partial charge in [-0.1, -0.05) is 6.42 Å². The lowest BCUT2D eigenvalue weighted by Gasteiger charge is -2.47. The highest BCUT2D eigenvalue weighted by Crippen LogP contribution is 2.52. The molecule has 1 aliphatic carbocycles. The van der Waals surface area contributed by atoms with E-state index in [0.29, 0.717) is 25.1 Å². The minimum Gasteiger partial charge on any atom is -0.477 e. The summed E-state index contributed by atoms with van der Waals surface area (Å²) in [6.07, 6.45) is 1.40. The lowest BCUT2D eigenvalue weighted by molar-refractivity contribution is -0.163. The second-order valence-electron chi connectivity index (χ2n) is 7.87. The molecule has 2 aliphatic heterocycles. The second-order valence-corrected chi connectivity index (χ2v) is 7.87. The van der Waals surface area contributed by atoms with Gasteiger partial charge in [0.15, 0.2) is 0 Å². The van der Waals surface area contributed by atoms with Crippen LogP contribution in [0.15, 0.2) is 11.3 Å². The van der Waals surface area contributed by atoms with E-state index in [1.165, 1.54) is 4.90 Å². The lowest BCUT2D eigenvalue weighted by atomic mass is 9.71. The molecular formula is C18H28N4O5. The molecule has 3 rings (SSSR count). The number of rotatable bonds is 6. The summed E-state index contributed by atoms with van der Waals surface area (Å²) in [7, 11) is 3.82. The summed E-state index contributed by atoms with van der Waals surface area (Å²) >= 11 is 0. The number of urea groups is 1. The van der Waals surface area contributed by atoms with Crippen LogP contribution < -0.4 is 10.6 Å². The third-order valence-corrected chi connectivity index (χ3v) is 5.77. The Morgan fingerprint density at radius 2 is 2.04 bits per heavy atom. The van der Waals surface area contributed by atoms with Crippen LogP contribution in [-0.2, 0) is 9.59 Å².